The topological polar surface area (TPSA) is 91.2 Å². The van der Waals surface area contributed by atoms with Gasteiger partial charge in [0.25, 0.3) is 0 Å². The van der Waals surface area contributed by atoms with E-state index in [4.69, 9.17) is 5.73 Å². The Morgan fingerprint density at radius 3 is 2.65 bits per heavy atom. The molecule has 0 aromatic carbocycles. The van der Waals surface area contributed by atoms with Crippen LogP contribution in [0.1, 0.15) is 32.4 Å². The first kappa shape index (κ1) is 17.2. The van der Waals surface area contributed by atoms with Gasteiger partial charge in [-0.05, 0) is 46.3 Å². The summed E-state index contributed by atoms with van der Waals surface area (Å²) in [5, 5.41) is 0. The van der Waals surface area contributed by atoms with Crippen LogP contribution in [-0.2, 0) is 16.6 Å². The van der Waals surface area contributed by atoms with Crippen molar-refractivity contribution in [1.29, 1.82) is 0 Å². The molecule has 1 aromatic rings. The van der Waals surface area contributed by atoms with Crippen molar-refractivity contribution >= 4 is 10.0 Å². The smallest absolute Gasteiger partial charge is 0.242 e. The number of sulfonamides is 1. The van der Waals surface area contributed by atoms with E-state index in [2.05, 4.69) is 35.5 Å². The molecule has 0 atom stereocenters. The molecule has 0 aliphatic rings. The predicted octanol–water partition coefficient (Wildman–Crippen LogP) is 0.872. The summed E-state index contributed by atoms with van der Waals surface area (Å²) in [6.45, 7) is 6.02. The van der Waals surface area contributed by atoms with E-state index in [1.54, 1.807) is 6.07 Å². The molecule has 0 bridgehead atoms. The van der Waals surface area contributed by atoms with Crippen molar-refractivity contribution in [3.05, 3.63) is 18.0 Å². The molecule has 0 radical (unpaired) electrons. The van der Waals surface area contributed by atoms with Crippen molar-refractivity contribution < 1.29 is 8.42 Å². The lowest BCUT2D eigenvalue weighted by Gasteiger charge is -2.20. The molecule has 0 aliphatic heterocycles. The number of aromatic amines is 1. The first-order valence-electron chi connectivity index (χ1n) is 6.94. The largest absolute Gasteiger partial charge is 0.363 e. The number of hydrogen-bond acceptors (Lipinski definition) is 4. The Hall–Kier alpha value is -0.890. The van der Waals surface area contributed by atoms with Crippen LogP contribution in [0, 0.1) is 0 Å². The summed E-state index contributed by atoms with van der Waals surface area (Å²) in [5.41, 5.74) is 6.16. The number of unbranched alkanes of at least 4 members (excludes halogenated alkanes) is 1. The molecule has 0 fully saturated rings. The highest BCUT2D eigenvalue weighted by Gasteiger charge is 2.14. The quantitative estimate of drug-likeness (QED) is 0.590. The fraction of sp³-hybridized carbons (Fsp3) is 0.692. The summed E-state index contributed by atoms with van der Waals surface area (Å²) in [4.78, 5) is 5.33. The summed E-state index contributed by atoms with van der Waals surface area (Å²) < 4.78 is 26.6. The Morgan fingerprint density at radius 2 is 2.10 bits per heavy atom. The fourth-order valence-electron chi connectivity index (χ4n) is 1.73. The molecule has 1 aromatic heterocycles. The van der Waals surface area contributed by atoms with Crippen LogP contribution in [0.2, 0.25) is 0 Å². The highest BCUT2D eigenvalue weighted by Crippen LogP contribution is 2.10. The zero-order chi connectivity index (χ0) is 15.2. The predicted molar refractivity (Wildman–Crippen MR) is 80.9 cm³/mol. The van der Waals surface area contributed by atoms with E-state index in [9.17, 15) is 8.42 Å². The van der Waals surface area contributed by atoms with Crippen LogP contribution in [0.4, 0.5) is 0 Å². The SMILES string of the molecule is CC(C)N(C)CCCCNS(=O)(=O)c1c[nH]c(CN)c1. The van der Waals surface area contributed by atoms with Crippen LogP contribution in [0.5, 0.6) is 0 Å². The highest BCUT2D eigenvalue weighted by molar-refractivity contribution is 7.89. The van der Waals surface area contributed by atoms with Crippen LogP contribution in [0.3, 0.4) is 0 Å². The van der Waals surface area contributed by atoms with Crippen LogP contribution < -0.4 is 10.5 Å². The highest BCUT2D eigenvalue weighted by atomic mass is 32.2. The third-order valence-corrected chi connectivity index (χ3v) is 4.80. The van der Waals surface area contributed by atoms with E-state index >= 15 is 0 Å². The van der Waals surface area contributed by atoms with Gasteiger partial charge in [-0.2, -0.15) is 0 Å². The molecule has 0 unspecified atom stereocenters. The van der Waals surface area contributed by atoms with Crippen LogP contribution in [0.15, 0.2) is 17.2 Å². The number of nitrogens with two attached hydrogens (primary N) is 1. The molecule has 0 saturated heterocycles. The molecular weight excluding hydrogens is 276 g/mol. The molecule has 0 amide bonds. The zero-order valence-electron chi connectivity index (χ0n) is 12.5. The number of rotatable bonds is 9. The van der Waals surface area contributed by atoms with Crippen LogP contribution in [0.25, 0.3) is 0 Å². The first-order valence-corrected chi connectivity index (χ1v) is 8.42. The molecule has 0 aliphatic carbocycles. The van der Waals surface area contributed by atoms with Gasteiger partial charge >= 0.3 is 0 Å². The molecule has 6 nitrogen and oxygen atoms in total. The average molecular weight is 302 g/mol. The Morgan fingerprint density at radius 1 is 1.40 bits per heavy atom. The third kappa shape index (κ3) is 5.24. The monoisotopic (exact) mass is 302 g/mol. The molecule has 0 spiro atoms. The average Bonchev–Trinajstić information content (AvgIpc) is 2.87. The summed E-state index contributed by atoms with van der Waals surface area (Å²) in [5.74, 6) is 0. The van der Waals surface area contributed by atoms with Crippen molar-refractivity contribution in [3.8, 4) is 0 Å². The Kier molecular flexibility index (Phi) is 6.67. The Balaban J connectivity index is 2.34. The maximum Gasteiger partial charge on any atom is 0.242 e. The standard InChI is InChI=1S/C13H26N4O2S/c1-11(2)17(3)7-5-4-6-16-20(18,19)13-8-12(9-14)15-10-13/h8,10-11,15-16H,4-7,9,14H2,1-3H3. The summed E-state index contributed by atoms with van der Waals surface area (Å²) in [6.07, 6.45) is 3.26. The van der Waals surface area contributed by atoms with E-state index in [1.165, 1.54) is 6.20 Å². The van der Waals surface area contributed by atoms with E-state index in [0.29, 0.717) is 24.8 Å². The van der Waals surface area contributed by atoms with Gasteiger partial charge in [-0.25, -0.2) is 13.1 Å². The van der Waals surface area contributed by atoms with E-state index in [-0.39, 0.29) is 4.90 Å². The van der Waals surface area contributed by atoms with Gasteiger partial charge in [-0.3, -0.25) is 0 Å². The third-order valence-electron chi connectivity index (χ3n) is 3.36. The number of nitrogens with zero attached hydrogens (tertiary/aromatic N) is 1. The lowest BCUT2D eigenvalue weighted by molar-refractivity contribution is 0.268. The molecule has 1 rings (SSSR count). The van der Waals surface area contributed by atoms with Gasteiger partial charge in [0.1, 0.15) is 0 Å². The maximum atomic E-state index is 12.0. The van der Waals surface area contributed by atoms with Crippen LogP contribution >= 0.6 is 0 Å². The normalized spacial score (nSPS) is 12.5. The van der Waals surface area contributed by atoms with Gasteiger partial charge in [-0.15, -0.1) is 0 Å². The van der Waals surface area contributed by atoms with Crippen molar-refractivity contribution in [3.63, 3.8) is 0 Å². The minimum atomic E-state index is -3.42. The first-order chi connectivity index (χ1) is 9.36. The minimum absolute atomic E-state index is 0.247. The summed E-state index contributed by atoms with van der Waals surface area (Å²) in [6, 6.07) is 2.08. The number of aromatic nitrogens is 1. The minimum Gasteiger partial charge on any atom is -0.363 e. The summed E-state index contributed by atoms with van der Waals surface area (Å²) >= 11 is 0. The molecule has 20 heavy (non-hydrogen) atoms. The van der Waals surface area contributed by atoms with Crippen molar-refractivity contribution in [2.24, 2.45) is 5.73 Å². The van der Waals surface area contributed by atoms with Crippen LogP contribution in [-0.4, -0.2) is 44.5 Å². The second-order valence-electron chi connectivity index (χ2n) is 5.24. The Labute approximate surface area is 121 Å². The molecular formula is C13H26N4O2S. The van der Waals surface area contributed by atoms with Gasteiger partial charge in [0, 0.05) is 31.0 Å². The lowest BCUT2D eigenvalue weighted by atomic mass is 10.2. The lowest BCUT2D eigenvalue weighted by Crippen LogP contribution is -2.29. The van der Waals surface area contributed by atoms with Gasteiger partial charge in [0.05, 0.1) is 4.90 Å². The van der Waals surface area contributed by atoms with Crippen molar-refractivity contribution in [2.75, 3.05) is 20.1 Å². The number of hydrogen-bond donors (Lipinski definition) is 3. The summed E-state index contributed by atoms with van der Waals surface area (Å²) in [7, 11) is -1.34. The fourth-order valence-corrected chi connectivity index (χ4v) is 2.82. The van der Waals surface area contributed by atoms with E-state index in [0.717, 1.165) is 19.4 Å². The molecule has 4 N–H and O–H groups in total. The second kappa shape index (κ2) is 7.78. The molecule has 116 valence electrons. The Bertz CT molecular complexity index is 496. The molecule has 1 heterocycles. The van der Waals surface area contributed by atoms with Gasteiger partial charge < -0.3 is 15.6 Å². The van der Waals surface area contributed by atoms with E-state index in [1.807, 2.05) is 0 Å². The zero-order valence-corrected chi connectivity index (χ0v) is 13.3. The maximum absolute atomic E-state index is 12.0. The molecule has 0 saturated carbocycles. The van der Waals surface area contributed by atoms with Gasteiger partial charge in [0.15, 0.2) is 0 Å². The van der Waals surface area contributed by atoms with Gasteiger partial charge in [-0.1, -0.05) is 0 Å². The van der Waals surface area contributed by atoms with Crippen molar-refractivity contribution in [1.82, 2.24) is 14.6 Å². The molecule has 7 heteroatoms. The number of H-pyrrole nitrogens is 1. The number of nitrogens with one attached hydrogen (secondary N) is 2. The second-order valence-corrected chi connectivity index (χ2v) is 7.01. The van der Waals surface area contributed by atoms with Gasteiger partial charge in [0.2, 0.25) is 10.0 Å². The van der Waals surface area contributed by atoms with Crippen molar-refractivity contribution in [2.45, 2.75) is 44.2 Å². The van der Waals surface area contributed by atoms with E-state index < -0.39 is 10.0 Å².